The van der Waals surface area contributed by atoms with Crippen LogP contribution in [0.3, 0.4) is 0 Å². The molecule has 0 unspecified atom stereocenters. The van der Waals surface area contributed by atoms with Crippen molar-refractivity contribution in [2.45, 2.75) is 79.8 Å². The zero-order valence-electron chi connectivity index (χ0n) is 17.6. The Morgan fingerprint density at radius 3 is 0.552 bits per heavy atom. The van der Waals surface area contributed by atoms with Crippen molar-refractivity contribution in [1.82, 2.24) is 0 Å². The minimum atomic E-state index is 0. The summed E-state index contributed by atoms with van der Waals surface area (Å²) in [6, 6.07) is 0. The van der Waals surface area contributed by atoms with Gasteiger partial charge in [0, 0.05) is 17.5 Å². The molecular formula is C16H28MoO4S8. The van der Waals surface area contributed by atoms with Crippen LogP contribution in [-0.2, 0) is 90.5 Å². The van der Waals surface area contributed by atoms with Gasteiger partial charge in [-0.05, 0) is 55.4 Å². The molecule has 0 amide bonds. The number of rotatable bonds is 4. The van der Waals surface area contributed by atoms with Crippen LogP contribution in [-0.4, -0.2) is 41.9 Å². The molecule has 0 saturated heterocycles. The molecule has 0 aliphatic rings. The monoisotopic (exact) mass is 638 g/mol. The molecule has 0 spiro atoms. The van der Waals surface area contributed by atoms with E-state index < -0.39 is 0 Å². The Labute approximate surface area is 234 Å². The Kier molecular flexibility index (Phi) is 37.9. The molecule has 0 aliphatic heterocycles. The van der Waals surface area contributed by atoms with Crippen molar-refractivity contribution in [2.24, 2.45) is 0 Å². The van der Waals surface area contributed by atoms with Crippen LogP contribution in [0.4, 0.5) is 0 Å². The van der Waals surface area contributed by atoms with Crippen LogP contribution in [0.2, 0.25) is 0 Å². The molecule has 13 heteroatoms. The average molecular weight is 637 g/mol. The molecule has 0 aromatic rings. The fourth-order valence-corrected chi connectivity index (χ4v) is 2.31. The van der Waals surface area contributed by atoms with Crippen molar-refractivity contribution in [1.29, 1.82) is 0 Å². The smallest absolute Gasteiger partial charge is 0.511 e. The van der Waals surface area contributed by atoms with E-state index in [0.29, 0.717) is 0 Å². The van der Waals surface area contributed by atoms with Crippen molar-refractivity contribution in [2.75, 3.05) is 0 Å². The summed E-state index contributed by atoms with van der Waals surface area (Å²) < 4.78 is 20.0. The van der Waals surface area contributed by atoms with Crippen LogP contribution in [0.25, 0.3) is 0 Å². The van der Waals surface area contributed by atoms with Crippen LogP contribution in [0.15, 0.2) is 0 Å². The van der Waals surface area contributed by atoms with Crippen LogP contribution in [0.5, 0.6) is 0 Å². The van der Waals surface area contributed by atoms with E-state index in [4.69, 9.17) is 18.9 Å². The van der Waals surface area contributed by atoms with Gasteiger partial charge >= 0.3 is 21.1 Å². The molecule has 0 saturated carbocycles. The van der Waals surface area contributed by atoms with Gasteiger partial charge in [-0.1, -0.05) is 0 Å². The van der Waals surface area contributed by atoms with Crippen molar-refractivity contribution in [3.8, 4) is 0 Å². The first-order chi connectivity index (χ1) is 12.5. The van der Waals surface area contributed by atoms with Crippen molar-refractivity contribution < 1.29 is 40.0 Å². The fraction of sp³-hybridized carbons (Fsp3) is 0.750. The fourth-order valence-electron chi connectivity index (χ4n) is 0.770. The molecule has 0 N–H and O–H groups in total. The van der Waals surface area contributed by atoms with Crippen LogP contribution >= 0.6 is 48.9 Å². The van der Waals surface area contributed by atoms with Gasteiger partial charge in [0.05, 0.1) is 24.4 Å². The Balaban J connectivity index is -0.0000000873. The molecule has 0 fully saturated rings. The van der Waals surface area contributed by atoms with Crippen molar-refractivity contribution in [3.05, 3.63) is 0 Å². The maximum Gasteiger partial charge on any atom is 4.00 e. The molecule has 29 heavy (non-hydrogen) atoms. The number of hydrogen-bond acceptors (Lipinski definition) is 12. The average Bonchev–Trinajstić information content (AvgIpc) is 2.32. The third-order valence-electron chi connectivity index (χ3n) is 1.33. The summed E-state index contributed by atoms with van der Waals surface area (Å²) in [5, 5.41) is 0. The first kappa shape index (κ1) is 40.5. The summed E-state index contributed by atoms with van der Waals surface area (Å²) in [6.45, 7) is 15.1. The first-order valence-electron chi connectivity index (χ1n) is 8.01. The van der Waals surface area contributed by atoms with Gasteiger partial charge in [0.25, 0.3) is 0 Å². The predicted molar refractivity (Wildman–Crippen MR) is 145 cm³/mol. The summed E-state index contributed by atoms with van der Waals surface area (Å²) in [4.78, 5) is 0. The van der Waals surface area contributed by atoms with Crippen LogP contribution in [0, 0.1) is 0 Å². The maximum absolute atomic E-state index is 4.80. The van der Waals surface area contributed by atoms with E-state index in [-0.39, 0.29) is 63.0 Å². The second-order valence-electron chi connectivity index (χ2n) is 5.67. The van der Waals surface area contributed by atoms with Crippen molar-refractivity contribution in [3.63, 3.8) is 0 Å². The third-order valence-corrected chi connectivity index (χ3v) is 2.10. The van der Waals surface area contributed by atoms with E-state index in [1.807, 2.05) is 55.4 Å². The van der Waals surface area contributed by atoms with Gasteiger partial charge in [0.1, 0.15) is 0 Å². The number of ether oxygens (including phenoxy) is 4. The summed E-state index contributed by atoms with van der Waals surface area (Å²) in [5.41, 5.74) is 0. The third kappa shape index (κ3) is 73.1. The normalized spacial score (nSPS) is 8.69. The zero-order valence-corrected chi connectivity index (χ0v) is 26.2. The molecule has 0 radical (unpaired) electrons. The van der Waals surface area contributed by atoms with Crippen molar-refractivity contribution >= 4 is 117 Å². The summed E-state index contributed by atoms with van der Waals surface area (Å²) in [6.07, 6.45) is 0.519. The van der Waals surface area contributed by atoms with E-state index in [0.717, 1.165) is 0 Å². The number of hydrogen-bond donors (Lipinski definition) is 0. The Bertz CT molecular complexity index is 367. The molecule has 0 aliphatic carbocycles. The second kappa shape index (κ2) is 27.2. The SMILES string of the molecule is CC(C)OC(=S)[S-].CC(C)OC(=S)[S-].CC(C)OC(=S)[S-].CC(C)OC(=S)[S-].[Mo+4]. The molecule has 4 nitrogen and oxygen atoms in total. The molecule has 0 atom stereocenters. The van der Waals surface area contributed by atoms with E-state index >= 15 is 0 Å². The molecule has 0 aromatic heterocycles. The molecule has 170 valence electrons. The van der Waals surface area contributed by atoms with E-state index in [9.17, 15) is 0 Å². The van der Waals surface area contributed by atoms with Gasteiger partial charge < -0.3 is 118 Å². The van der Waals surface area contributed by atoms with Crippen LogP contribution in [0.1, 0.15) is 55.4 Å². The molecule has 0 bridgehead atoms. The molecule has 0 aromatic carbocycles. The zero-order chi connectivity index (χ0) is 23.4. The molecular weight excluding hydrogens is 609 g/mol. The van der Waals surface area contributed by atoms with Gasteiger partial charge in [-0.2, -0.15) is 0 Å². The minimum Gasteiger partial charge on any atom is -0.511 e. The van der Waals surface area contributed by atoms with Gasteiger partial charge in [-0.15, -0.1) is 0 Å². The first-order valence-corrected chi connectivity index (χ1v) is 11.3. The summed E-state index contributed by atoms with van der Waals surface area (Å²) in [7, 11) is 0. The van der Waals surface area contributed by atoms with E-state index in [2.05, 4.69) is 99.4 Å². The Morgan fingerprint density at radius 1 is 0.448 bits per heavy atom. The summed E-state index contributed by atoms with van der Waals surface area (Å²) in [5.74, 6) is 0. The Morgan fingerprint density at radius 2 is 0.552 bits per heavy atom. The minimum absolute atomic E-state index is 0. The summed E-state index contributed by atoms with van der Waals surface area (Å²) >= 11 is 35.7. The van der Waals surface area contributed by atoms with Gasteiger partial charge in [0.2, 0.25) is 0 Å². The Hall–Kier alpha value is 1.13. The second-order valence-corrected chi connectivity index (χ2v) is 9.67. The quantitative estimate of drug-likeness (QED) is 0.238. The predicted octanol–water partition coefficient (Wildman–Crippen LogP) is 4.97. The molecule has 0 rings (SSSR count). The maximum atomic E-state index is 4.80. The standard InChI is InChI=1S/4C4H8OS2.Mo/c4*1-3(2)5-4(6)7;/h4*3H,1-2H3,(H,6,7);/q;;;;+4/p-4. The van der Waals surface area contributed by atoms with E-state index in [1.165, 1.54) is 0 Å². The van der Waals surface area contributed by atoms with Gasteiger partial charge in [-0.25, -0.2) is 0 Å². The van der Waals surface area contributed by atoms with Crippen LogP contribution < -0.4 is 0 Å². The number of thiocarbonyl (C=S) groups is 4. The van der Waals surface area contributed by atoms with Gasteiger partial charge in [0.15, 0.2) is 0 Å². The van der Waals surface area contributed by atoms with Gasteiger partial charge in [-0.3, -0.25) is 0 Å². The molecule has 0 heterocycles. The largest absolute Gasteiger partial charge is 4.00 e. The topological polar surface area (TPSA) is 36.9 Å². The van der Waals surface area contributed by atoms with E-state index in [1.54, 1.807) is 0 Å².